The van der Waals surface area contributed by atoms with Crippen LogP contribution in [0.2, 0.25) is 0 Å². The first kappa shape index (κ1) is 19.5. The molecule has 0 aromatic heterocycles. The van der Waals surface area contributed by atoms with Gasteiger partial charge in [0.2, 0.25) is 6.29 Å². The van der Waals surface area contributed by atoms with Crippen molar-refractivity contribution in [3.63, 3.8) is 0 Å². The van der Waals surface area contributed by atoms with Crippen molar-refractivity contribution in [3.05, 3.63) is 35.4 Å². The van der Waals surface area contributed by atoms with E-state index in [4.69, 9.17) is 14.2 Å². The van der Waals surface area contributed by atoms with E-state index in [1.54, 1.807) is 31.2 Å². The Morgan fingerprint density at radius 2 is 1.78 bits per heavy atom. The number of amides is 2. The molecule has 0 unspecified atom stereocenters. The molecule has 0 radical (unpaired) electrons. The Balaban J connectivity index is 1.85. The van der Waals surface area contributed by atoms with Gasteiger partial charge in [-0.1, -0.05) is 32.9 Å². The number of benzene rings is 1. The maximum Gasteiger partial charge on any atom is 0.305 e. The molecule has 146 valence electrons. The summed E-state index contributed by atoms with van der Waals surface area (Å²) >= 11 is 0. The molecule has 27 heavy (non-hydrogen) atoms. The zero-order chi connectivity index (χ0) is 20.0. The highest BCUT2D eigenvalue weighted by Crippen LogP contribution is 2.34. The van der Waals surface area contributed by atoms with Crippen LogP contribution in [-0.2, 0) is 19.0 Å². The van der Waals surface area contributed by atoms with Crippen LogP contribution in [0.1, 0.15) is 55.3 Å². The van der Waals surface area contributed by atoms with Crippen molar-refractivity contribution < 1.29 is 28.6 Å². The van der Waals surface area contributed by atoms with Crippen LogP contribution in [0.4, 0.5) is 0 Å². The predicted octanol–water partition coefficient (Wildman–Crippen LogP) is 1.85. The fraction of sp³-hybridized carbons (Fsp3) is 0.526. The third-order valence-corrected chi connectivity index (χ3v) is 4.44. The summed E-state index contributed by atoms with van der Waals surface area (Å²) < 4.78 is 17.0. The van der Waals surface area contributed by atoms with Gasteiger partial charge >= 0.3 is 5.97 Å². The second-order valence-corrected chi connectivity index (χ2v) is 8.11. The molecule has 2 aliphatic rings. The number of esters is 1. The molecule has 2 aliphatic heterocycles. The molecule has 0 spiro atoms. The largest absolute Gasteiger partial charge is 0.434 e. The average molecular weight is 376 g/mol. The summed E-state index contributed by atoms with van der Waals surface area (Å²) in [6.45, 7) is 8.81. The SMILES string of the molecule is CC(=O)O[C@H]1O[C@H](C(C)(C)C)OC[C@]1(C)NN1C(=O)c2ccccc2C1=O. The highest BCUT2D eigenvalue weighted by atomic mass is 16.8. The molecule has 0 bridgehead atoms. The van der Waals surface area contributed by atoms with Crippen LogP contribution in [0.15, 0.2) is 24.3 Å². The van der Waals surface area contributed by atoms with E-state index >= 15 is 0 Å². The number of hydrogen-bond donors (Lipinski definition) is 1. The molecule has 3 atom stereocenters. The summed E-state index contributed by atoms with van der Waals surface area (Å²) in [5.41, 5.74) is 2.01. The number of carbonyl (C=O) groups excluding carboxylic acids is 3. The molecule has 2 amide bonds. The Hall–Kier alpha value is -2.29. The maximum atomic E-state index is 12.6. The van der Waals surface area contributed by atoms with Gasteiger partial charge in [-0.25, -0.2) is 10.4 Å². The second-order valence-electron chi connectivity index (χ2n) is 8.11. The molecule has 1 N–H and O–H groups in total. The molecular weight excluding hydrogens is 352 g/mol. The van der Waals surface area contributed by atoms with Crippen molar-refractivity contribution in [2.45, 2.75) is 52.7 Å². The number of ether oxygens (including phenoxy) is 3. The van der Waals surface area contributed by atoms with E-state index in [0.29, 0.717) is 11.1 Å². The van der Waals surface area contributed by atoms with Crippen LogP contribution in [0.25, 0.3) is 0 Å². The molecule has 2 heterocycles. The van der Waals surface area contributed by atoms with Crippen molar-refractivity contribution in [2.75, 3.05) is 6.61 Å². The number of hydrazine groups is 1. The van der Waals surface area contributed by atoms with Crippen molar-refractivity contribution >= 4 is 17.8 Å². The van der Waals surface area contributed by atoms with Crippen molar-refractivity contribution in [3.8, 4) is 0 Å². The maximum absolute atomic E-state index is 12.6. The van der Waals surface area contributed by atoms with Gasteiger partial charge in [-0.05, 0) is 19.1 Å². The quantitative estimate of drug-likeness (QED) is 0.635. The number of carbonyl (C=O) groups is 3. The van der Waals surface area contributed by atoms with Gasteiger partial charge in [0.25, 0.3) is 11.8 Å². The molecule has 1 aromatic carbocycles. The normalized spacial score (nSPS) is 28.3. The Labute approximate surface area is 157 Å². The van der Waals surface area contributed by atoms with Crippen molar-refractivity contribution in [1.29, 1.82) is 0 Å². The van der Waals surface area contributed by atoms with Crippen LogP contribution in [0, 0.1) is 5.41 Å². The summed E-state index contributed by atoms with van der Waals surface area (Å²) in [5, 5.41) is 0.922. The number of fused-ring (bicyclic) bond motifs is 1. The van der Waals surface area contributed by atoms with E-state index in [9.17, 15) is 14.4 Å². The Kier molecular flexibility index (Phi) is 4.83. The van der Waals surface area contributed by atoms with Crippen molar-refractivity contribution in [1.82, 2.24) is 10.4 Å². The summed E-state index contributed by atoms with van der Waals surface area (Å²) in [6, 6.07) is 6.56. The van der Waals surface area contributed by atoms with E-state index in [0.717, 1.165) is 5.01 Å². The third kappa shape index (κ3) is 3.60. The minimum atomic E-state index is -1.14. The number of nitrogens with zero attached hydrogens (tertiary/aromatic N) is 1. The van der Waals surface area contributed by atoms with Crippen LogP contribution in [0.5, 0.6) is 0 Å². The van der Waals surface area contributed by atoms with E-state index in [2.05, 4.69) is 5.43 Å². The van der Waals surface area contributed by atoms with E-state index < -0.39 is 35.9 Å². The topological polar surface area (TPSA) is 94.2 Å². The number of rotatable bonds is 3. The summed E-state index contributed by atoms with van der Waals surface area (Å²) in [6.07, 6.45) is -1.66. The molecule has 0 aliphatic carbocycles. The highest BCUT2D eigenvalue weighted by Gasteiger charge is 2.50. The fourth-order valence-corrected chi connectivity index (χ4v) is 3.01. The Morgan fingerprint density at radius 3 is 2.26 bits per heavy atom. The van der Waals surface area contributed by atoms with Crippen LogP contribution in [-0.4, -0.2) is 47.5 Å². The molecule has 1 saturated heterocycles. The molecular formula is C19H24N2O6. The lowest BCUT2D eigenvalue weighted by atomic mass is 9.93. The van der Waals surface area contributed by atoms with E-state index in [1.165, 1.54) is 6.92 Å². The van der Waals surface area contributed by atoms with Gasteiger partial charge in [0.15, 0.2) is 6.29 Å². The predicted molar refractivity (Wildman–Crippen MR) is 94.3 cm³/mol. The fourth-order valence-electron chi connectivity index (χ4n) is 3.01. The van der Waals surface area contributed by atoms with Gasteiger partial charge in [0, 0.05) is 12.3 Å². The Bertz CT molecular complexity index is 752. The zero-order valence-corrected chi connectivity index (χ0v) is 16.1. The van der Waals surface area contributed by atoms with Gasteiger partial charge in [0.05, 0.1) is 17.7 Å². The first-order chi connectivity index (χ1) is 12.5. The monoisotopic (exact) mass is 376 g/mol. The van der Waals surface area contributed by atoms with Gasteiger partial charge in [-0.15, -0.1) is 0 Å². The van der Waals surface area contributed by atoms with Crippen LogP contribution >= 0.6 is 0 Å². The number of imide groups is 1. The second kappa shape index (κ2) is 6.70. The van der Waals surface area contributed by atoms with E-state index in [-0.39, 0.29) is 12.0 Å². The van der Waals surface area contributed by atoms with Crippen LogP contribution < -0.4 is 5.43 Å². The van der Waals surface area contributed by atoms with Crippen LogP contribution in [0.3, 0.4) is 0 Å². The number of hydrogen-bond acceptors (Lipinski definition) is 7. The standard InChI is InChI=1S/C19H24N2O6/c1-11(22)26-17-19(5,10-25-16(27-17)18(2,3)4)20-21-14(23)12-8-6-7-9-13(12)15(21)24/h6-9,16-17,20H,10H2,1-5H3/t16-,17+,19+/m1/s1. The molecule has 8 nitrogen and oxygen atoms in total. The van der Waals surface area contributed by atoms with Crippen molar-refractivity contribution in [2.24, 2.45) is 5.41 Å². The van der Waals surface area contributed by atoms with Gasteiger partial charge in [-0.2, -0.15) is 0 Å². The first-order valence-electron chi connectivity index (χ1n) is 8.73. The lowest BCUT2D eigenvalue weighted by Gasteiger charge is -2.47. The zero-order valence-electron chi connectivity index (χ0n) is 16.1. The van der Waals surface area contributed by atoms with E-state index in [1.807, 2.05) is 20.8 Å². The Morgan fingerprint density at radius 1 is 1.22 bits per heavy atom. The van der Waals surface area contributed by atoms with Gasteiger partial charge < -0.3 is 14.2 Å². The molecule has 8 heteroatoms. The average Bonchev–Trinajstić information content (AvgIpc) is 2.81. The lowest BCUT2D eigenvalue weighted by molar-refractivity contribution is -0.335. The molecule has 3 rings (SSSR count). The summed E-state index contributed by atoms with van der Waals surface area (Å²) in [4.78, 5) is 36.8. The highest BCUT2D eigenvalue weighted by molar-refractivity contribution is 6.21. The minimum Gasteiger partial charge on any atom is -0.434 e. The minimum absolute atomic E-state index is 0.0697. The third-order valence-electron chi connectivity index (χ3n) is 4.44. The van der Waals surface area contributed by atoms with Gasteiger partial charge in [-0.3, -0.25) is 14.4 Å². The number of nitrogens with one attached hydrogen (secondary N) is 1. The first-order valence-corrected chi connectivity index (χ1v) is 8.73. The van der Waals surface area contributed by atoms with Gasteiger partial charge in [0.1, 0.15) is 5.54 Å². The summed E-state index contributed by atoms with van der Waals surface area (Å²) in [7, 11) is 0. The molecule has 0 saturated carbocycles. The molecule has 1 aromatic rings. The summed E-state index contributed by atoms with van der Waals surface area (Å²) in [5.74, 6) is -1.49. The lowest BCUT2D eigenvalue weighted by Crippen LogP contribution is -2.68. The smallest absolute Gasteiger partial charge is 0.305 e. The molecule has 1 fully saturated rings.